The summed E-state index contributed by atoms with van der Waals surface area (Å²) in [6.07, 6.45) is 1.39. The number of halogens is 3. The second-order valence-electron chi connectivity index (χ2n) is 6.65. The zero-order valence-corrected chi connectivity index (χ0v) is 14.3. The zero-order valence-electron chi connectivity index (χ0n) is 13.5. The quantitative estimate of drug-likeness (QED) is 0.893. The van der Waals surface area contributed by atoms with E-state index in [-0.39, 0.29) is 29.9 Å². The van der Waals surface area contributed by atoms with Gasteiger partial charge >= 0.3 is 6.29 Å². The van der Waals surface area contributed by atoms with Crippen LogP contribution in [0.2, 0.25) is 0 Å². The molecule has 4 rings (SSSR count). The van der Waals surface area contributed by atoms with E-state index >= 15 is 0 Å². The first-order chi connectivity index (χ1) is 11.1. The Bertz CT molecular complexity index is 576. The number of ether oxygens (including phenoxy) is 2. The van der Waals surface area contributed by atoms with Gasteiger partial charge in [0.15, 0.2) is 11.5 Å². The number of benzene rings is 1. The van der Waals surface area contributed by atoms with E-state index in [0.29, 0.717) is 5.92 Å². The second kappa shape index (κ2) is 7.02. The Labute approximate surface area is 146 Å². The van der Waals surface area contributed by atoms with Crippen molar-refractivity contribution in [3.8, 4) is 11.5 Å². The van der Waals surface area contributed by atoms with Gasteiger partial charge in [-0.2, -0.15) is 0 Å². The van der Waals surface area contributed by atoms with Gasteiger partial charge in [0.2, 0.25) is 0 Å². The fourth-order valence-electron chi connectivity index (χ4n) is 4.16. The Balaban J connectivity index is 0.00000169. The molecule has 0 spiro atoms. The average molecular weight is 361 g/mol. The molecule has 1 N–H and O–H groups in total. The van der Waals surface area contributed by atoms with Crippen molar-refractivity contribution in [1.82, 2.24) is 10.2 Å². The molecule has 1 aliphatic carbocycles. The first-order valence-electron chi connectivity index (χ1n) is 8.47. The summed E-state index contributed by atoms with van der Waals surface area (Å²) in [5.41, 5.74) is 1.07. The zero-order chi connectivity index (χ0) is 15.9. The number of nitrogens with zero attached hydrogens (tertiary/aromatic N) is 1. The van der Waals surface area contributed by atoms with Crippen molar-refractivity contribution in [2.24, 2.45) is 5.92 Å². The molecule has 1 aromatic carbocycles. The van der Waals surface area contributed by atoms with Crippen molar-refractivity contribution in [3.05, 3.63) is 23.8 Å². The second-order valence-corrected chi connectivity index (χ2v) is 6.65. The summed E-state index contributed by atoms with van der Waals surface area (Å²) in [5, 5.41) is 3.38. The first-order valence-corrected chi connectivity index (χ1v) is 8.47. The number of nitrogens with one attached hydrogen (secondary N) is 1. The number of alkyl halides is 2. The highest BCUT2D eigenvalue weighted by Gasteiger charge is 2.44. The SMILES string of the molecule is Cl.FC1(F)Oc2ccc([C@H](C3CCCC3)N3CCNCC3)cc2O1. The summed E-state index contributed by atoms with van der Waals surface area (Å²) in [5.74, 6) is 0.879. The smallest absolute Gasteiger partial charge is 0.395 e. The lowest BCUT2D eigenvalue weighted by molar-refractivity contribution is -0.286. The van der Waals surface area contributed by atoms with E-state index in [4.69, 9.17) is 0 Å². The van der Waals surface area contributed by atoms with Gasteiger partial charge in [-0.05, 0) is 36.5 Å². The Morgan fingerprint density at radius 3 is 2.46 bits per heavy atom. The van der Waals surface area contributed by atoms with Gasteiger partial charge in [-0.15, -0.1) is 21.2 Å². The van der Waals surface area contributed by atoms with Gasteiger partial charge < -0.3 is 14.8 Å². The Morgan fingerprint density at radius 2 is 1.75 bits per heavy atom. The standard InChI is InChI=1S/C17H22F2N2O2.ClH/c18-17(19)22-14-6-5-13(11-15(14)23-17)16(12-3-1-2-4-12)21-9-7-20-8-10-21;/h5-6,11-12,16,20H,1-4,7-10H2;1H/t16-;/m0./s1. The van der Waals surface area contributed by atoms with E-state index in [1.165, 1.54) is 25.7 Å². The van der Waals surface area contributed by atoms with Crippen LogP contribution in [0.1, 0.15) is 37.3 Å². The van der Waals surface area contributed by atoms with Crippen molar-refractivity contribution in [2.45, 2.75) is 38.0 Å². The lowest BCUT2D eigenvalue weighted by atomic mass is 9.89. The summed E-state index contributed by atoms with van der Waals surface area (Å²) in [6.45, 7) is 3.94. The van der Waals surface area contributed by atoms with Gasteiger partial charge in [-0.25, -0.2) is 0 Å². The van der Waals surface area contributed by atoms with E-state index in [0.717, 1.165) is 31.7 Å². The summed E-state index contributed by atoms with van der Waals surface area (Å²) in [4.78, 5) is 2.49. The third kappa shape index (κ3) is 3.46. The molecule has 7 heteroatoms. The van der Waals surface area contributed by atoms with Gasteiger partial charge in [0.25, 0.3) is 0 Å². The molecular formula is C17H23ClF2N2O2. The predicted octanol–water partition coefficient (Wildman–Crippen LogP) is 3.57. The normalized spacial score (nSPS) is 24.6. The molecule has 4 nitrogen and oxygen atoms in total. The Morgan fingerprint density at radius 1 is 1.08 bits per heavy atom. The molecule has 1 aromatic rings. The minimum atomic E-state index is -3.54. The highest BCUT2D eigenvalue weighted by Crippen LogP contribution is 2.45. The van der Waals surface area contributed by atoms with E-state index in [1.54, 1.807) is 12.1 Å². The van der Waals surface area contributed by atoms with Crippen LogP contribution < -0.4 is 14.8 Å². The fraction of sp³-hybridized carbons (Fsp3) is 0.647. The van der Waals surface area contributed by atoms with Gasteiger partial charge in [-0.3, -0.25) is 4.90 Å². The lowest BCUT2D eigenvalue weighted by Crippen LogP contribution is -2.46. The topological polar surface area (TPSA) is 33.7 Å². The highest BCUT2D eigenvalue weighted by atomic mass is 35.5. The molecule has 1 atom stereocenters. The number of rotatable bonds is 3. The van der Waals surface area contributed by atoms with Crippen LogP contribution in [0.5, 0.6) is 11.5 Å². The van der Waals surface area contributed by atoms with Crippen molar-refractivity contribution in [1.29, 1.82) is 0 Å². The van der Waals surface area contributed by atoms with E-state index < -0.39 is 6.29 Å². The molecule has 0 aromatic heterocycles. The number of fused-ring (bicyclic) bond motifs is 1. The predicted molar refractivity (Wildman–Crippen MR) is 89.0 cm³/mol. The van der Waals surface area contributed by atoms with Crippen molar-refractivity contribution in [3.63, 3.8) is 0 Å². The third-order valence-electron chi connectivity index (χ3n) is 5.16. The minimum absolute atomic E-state index is 0. The number of hydrogen-bond acceptors (Lipinski definition) is 4. The summed E-state index contributed by atoms with van der Waals surface area (Å²) < 4.78 is 35.7. The van der Waals surface area contributed by atoms with Gasteiger partial charge in [-0.1, -0.05) is 18.9 Å². The molecule has 0 unspecified atom stereocenters. The van der Waals surface area contributed by atoms with Crippen LogP contribution in [-0.4, -0.2) is 37.4 Å². The van der Waals surface area contributed by atoms with Gasteiger partial charge in [0.1, 0.15) is 0 Å². The molecule has 24 heavy (non-hydrogen) atoms. The third-order valence-corrected chi connectivity index (χ3v) is 5.16. The maximum absolute atomic E-state index is 13.3. The monoisotopic (exact) mass is 360 g/mol. The average Bonchev–Trinajstić information content (AvgIpc) is 3.14. The maximum atomic E-state index is 13.3. The van der Waals surface area contributed by atoms with Crippen LogP contribution in [0.15, 0.2) is 18.2 Å². The largest absolute Gasteiger partial charge is 0.586 e. The van der Waals surface area contributed by atoms with Crippen LogP contribution in [0.25, 0.3) is 0 Å². The summed E-state index contributed by atoms with van der Waals surface area (Å²) in [7, 11) is 0. The van der Waals surface area contributed by atoms with Crippen LogP contribution in [0.4, 0.5) is 8.78 Å². The van der Waals surface area contributed by atoms with E-state index in [1.807, 2.05) is 6.07 Å². The molecule has 2 heterocycles. The lowest BCUT2D eigenvalue weighted by Gasteiger charge is -2.38. The van der Waals surface area contributed by atoms with Gasteiger partial charge in [0.05, 0.1) is 0 Å². The van der Waals surface area contributed by atoms with E-state index in [9.17, 15) is 8.78 Å². The molecule has 0 bridgehead atoms. The van der Waals surface area contributed by atoms with E-state index in [2.05, 4.69) is 19.7 Å². The van der Waals surface area contributed by atoms with Crippen LogP contribution in [0.3, 0.4) is 0 Å². The number of hydrogen-bond donors (Lipinski definition) is 1. The fourth-order valence-corrected chi connectivity index (χ4v) is 4.16. The van der Waals surface area contributed by atoms with Crippen molar-refractivity contribution < 1.29 is 18.3 Å². The minimum Gasteiger partial charge on any atom is -0.395 e. The van der Waals surface area contributed by atoms with Crippen LogP contribution in [0, 0.1) is 5.92 Å². The van der Waals surface area contributed by atoms with Crippen molar-refractivity contribution in [2.75, 3.05) is 26.2 Å². The summed E-state index contributed by atoms with van der Waals surface area (Å²) >= 11 is 0. The van der Waals surface area contributed by atoms with Crippen LogP contribution >= 0.6 is 12.4 Å². The Kier molecular flexibility index (Phi) is 5.18. The molecule has 3 aliphatic rings. The molecule has 0 amide bonds. The summed E-state index contributed by atoms with van der Waals surface area (Å²) in [6, 6.07) is 5.58. The molecule has 2 fully saturated rings. The molecule has 0 radical (unpaired) electrons. The highest BCUT2D eigenvalue weighted by molar-refractivity contribution is 5.85. The molecular weight excluding hydrogens is 338 g/mol. The van der Waals surface area contributed by atoms with Gasteiger partial charge in [0, 0.05) is 32.2 Å². The Hall–Kier alpha value is -1.11. The molecule has 2 aliphatic heterocycles. The van der Waals surface area contributed by atoms with Crippen LogP contribution in [-0.2, 0) is 0 Å². The number of piperazine rings is 1. The maximum Gasteiger partial charge on any atom is 0.586 e. The first kappa shape index (κ1) is 17.7. The van der Waals surface area contributed by atoms with Crippen molar-refractivity contribution >= 4 is 12.4 Å². The molecule has 1 saturated carbocycles. The molecule has 134 valence electrons. The molecule has 1 saturated heterocycles.